The molecule has 2 nitrogen and oxygen atoms in total. The summed E-state index contributed by atoms with van der Waals surface area (Å²) in [6, 6.07) is 0. The number of carbonyl (C=O) groups is 1. The highest BCUT2D eigenvalue weighted by Gasteiger charge is 2.07. The highest BCUT2D eigenvalue weighted by molar-refractivity contribution is 7.23. The van der Waals surface area contributed by atoms with E-state index < -0.39 is 0 Å². The predicted octanol–water partition coefficient (Wildman–Crippen LogP) is 0.636. The number of hydrogen-bond acceptors (Lipinski definition) is 3. The molecule has 1 rings (SSSR count). The van der Waals surface area contributed by atoms with Crippen LogP contribution in [-0.2, 0) is 4.79 Å². The maximum absolute atomic E-state index is 10.6. The molecule has 1 aromatic heterocycles. The fraction of sp³-hybridized carbons (Fsp3) is 0.429. The van der Waals surface area contributed by atoms with Gasteiger partial charge >= 0.3 is 0 Å². The van der Waals surface area contributed by atoms with Crippen molar-refractivity contribution < 1.29 is 4.79 Å². The van der Waals surface area contributed by atoms with E-state index in [1.807, 2.05) is 13.8 Å². The molecule has 0 spiro atoms. The fourth-order valence-electron chi connectivity index (χ4n) is 0.733. The van der Waals surface area contributed by atoms with Gasteiger partial charge in [0.15, 0.2) is 0 Å². The van der Waals surface area contributed by atoms with Crippen LogP contribution in [0.3, 0.4) is 0 Å². The summed E-state index contributed by atoms with van der Waals surface area (Å²) >= 11 is 1.56. The molecule has 4 heteroatoms. The maximum atomic E-state index is 10.6. The molecule has 1 radical (unpaired) electrons. The summed E-state index contributed by atoms with van der Waals surface area (Å²) in [6.07, 6.45) is 0. The molecule has 0 aliphatic rings. The Labute approximate surface area is 70.9 Å². The molecule has 0 saturated heterocycles. The largest absolute Gasteiger partial charge is 0.312 e. The zero-order valence-electron chi connectivity index (χ0n) is 6.84. The lowest BCUT2D eigenvalue weighted by atomic mass is 9.75. The monoisotopic (exact) mass is 166 g/mol. The van der Waals surface area contributed by atoms with Crippen molar-refractivity contribution in [2.75, 3.05) is 0 Å². The summed E-state index contributed by atoms with van der Waals surface area (Å²) < 4.78 is 0. The number of nitrogens with zero attached hydrogens (tertiary/aromatic N) is 1. The third-order valence-corrected chi connectivity index (χ3v) is 2.39. The third kappa shape index (κ3) is 2.15. The molecular weight excluding hydrogens is 157 g/mol. The van der Waals surface area contributed by atoms with Crippen molar-refractivity contribution in [3.63, 3.8) is 0 Å². The Hall–Kier alpha value is -0.635. The van der Waals surface area contributed by atoms with Crippen molar-refractivity contribution in [1.29, 1.82) is 0 Å². The summed E-state index contributed by atoms with van der Waals surface area (Å²) in [5.74, 6) is 0. The Morgan fingerprint density at radius 1 is 1.55 bits per heavy atom. The van der Waals surface area contributed by atoms with E-state index in [1.165, 1.54) is 11.8 Å². The Balaban J connectivity index is 2.81. The maximum Gasteiger partial charge on any atom is 0.280 e. The molecule has 57 valence electrons. The summed E-state index contributed by atoms with van der Waals surface area (Å²) in [4.78, 5) is 16.8. The average molecular weight is 166 g/mol. The summed E-state index contributed by atoms with van der Waals surface area (Å²) in [7, 11) is 1.56. The molecule has 1 heterocycles. The first-order chi connectivity index (χ1) is 5.09. The second kappa shape index (κ2) is 3.18. The first kappa shape index (κ1) is 8.46. The molecular formula is C7H9BNOS. The SMILES string of the molecule is CC(=O)[B]c1nc(C)c(C)s1. The quantitative estimate of drug-likeness (QED) is 0.603. The Morgan fingerprint density at radius 3 is 2.55 bits per heavy atom. The van der Waals surface area contributed by atoms with Gasteiger partial charge in [-0.15, -0.1) is 11.3 Å². The first-order valence-corrected chi connectivity index (χ1v) is 4.20. The van der Waals surface area contributed by atoms with Crippen molar-refractivity contribution in [1.82, 2.24) is 4.98 Å². The highest BCUT2D eigenvalue weighted by Crippen LogP contribution is 2.06. The number of hydrogen-bond donors (Lipinski definition) is 0. The van der Waals surface area contributed by atoms with Gasteiger partial charge in [0.25, 0.3) is 7.28 Å². The van der Waals surface area contributed by atoms with Gasteiger partial charge in [-0.1, -0.05) is 0 Å². The Kier molecular flexibility index (Phi) is 2.44. The molecule has 0 N–H and O–H groups in total. The van der Waals surface area contributed by atoms with E-state index in [9.17, 15) is 4.79 Å². The number of thiazole rings is 1. The molecule has 0 amide bonds. The first-order valence-electron chi connectivity index (χ1n) is 3.39. The lowest BCUT2D eigenvalue weighted by molar-refractivity contribution is -0.110. The van der Waals surface area contributed by atoms with Crippen molar-refractivity contribution >= 4 is 29.2 Å². The Morgan fingerprint density at radius 2 is 2.18 bits per heavy atom. The van der Waals surface area contributed by atoms with Crippen LogP contribution in [0, 0.1) is 13.8 Å². The van der Waals surface area contributed by atoms with Crippen LogP contribution in [0.15, 0.2) is 0 Å². The smallest absolute Gasteiger partial charge is 0.280 e. The number of aromatic nitrogens is 1. The van der Waals surface area contributed by atoms with Gasteiger partial charge in [-0.05, 0) is 20.8 Å². The highest BCUT2D eigenvalue weighted by atomic mass is 32.1. The zero-order chi connectivity index (χ0) is 8.43. The molecule has 0 aromatic carbocycles. The molecule has 0 aliphatic carbocycles. The summed E-state index contributed by atoms with van der Waals surface area (Å²) in [5, 5.41) is 0. The van der Waals surface area contributed by atoms with Crippen LogP contribution in [0.2, 0.25) is 0 Å². The van der Waals surface area contributed by atoms with E-state index >= 15 is 0 Å². The minimum Gasteiger partial charge on any atom is -0.312 e. The number of carbonyl (C=O) groups excluding carboxylic acids is 1. The van der Waals surface area contributed by atoms with Gasteiger partial charge in [0, 0.05) is 4.88 Å². The van der Waals surface area contributed by atoms with Crippen molar-refractivity contribution in [3.8, 4) is 0 Å². The molecule has 0 bridgehead atoms. The van der Waals surface area contributed by atoms with Crippen LogP contribution in [0.5, 0.6) is 0 Å². The molecule has 0 saturated carbocycles. The third-order valence-electron chi connectivity index (χ3n) is 1.37. The molecule has 0 unspecified atom stereocenters. The van der Waals surface area contributed by atoms with Crippen molar-refractivity contribution in [2.45, 2.75) is 20.8 Å². The van der Waals surface area contributed by atoms with Crippen LogP contribution in [0.4, 0.5) is 0 Å². The topological polar surface area (TPSA) is 30.0 Å². The van der Waals surface area contributed by atoms with E-state index in [4.69, 9.17) is 0 Å². The molecule has 1 aromatic rings. The second-order valence-electron chi connectivity index (χ2n) is 2.45. The van der Waals surface area contributed by atoms with Gasteiger partial charge in [-0.25, -0.2) is 0 Å². The summed E-state index contributed by atoms with van der Waals surface area (Å²) in [5.41, 5.74) is 1.07. The number of aryl methyl sites for hydroxylation is 2. The lowest BCUT2D eigenvalue weighted by Gasteiger charge is -1.83. The van der Waals surface area contributed by atoms with Crippen LogP contribution in [0.1, 0.15) is 17.5 Å². The molecule has 0 atom stereocenters. The van der Waals surface area contributed by atoms with Crippen molar-refractivity contribution in [3.05, 3.63) is 10.6 Å². The van der Waals surface area contributed by atoms with E-state index in [0.29, 0.717) is 0 Å². The van der Waals surface area contributed by atoms with Gasteiger partial charge in [0.2, 0.25) is 0 Å². The fourth-order valence-corrected chi connectivity index (χ4v) is 1.65. The average Bonchev–Trinajstić information content (AvgIpc) is 2.10. The summed E-state index contributed by atoms with van der Waals surface area (Å²) in [6.45, 7) is 5.49. The lowest BCUT2D eigenvalue weighted by Crippen LogP contribution is -2.20. The van der Waals surface area contributed by atoms with Gasteiger partial charge in [0.05, 0.1) is 16.3 Å². The van der Waals surface area contributed by atoms with Crippen LogP contribution < -0.4 is 4.91 Å². The van der Waals surface area contributed by atoms with E-state index in [-0.39, 0.29) is 5.68 Å². The normalized spacial score (nSPS) is 9.73. The minimum absolute atomic E-state index is 0.0544. The van der Waals surface area contributed by atoms with Crippen molar-refractivity contribution in [2.24, 2.45) is 0 Å². The Bertz CT molecular complexity index is 262. The van der Waals surface area contributed by atoms with Gasteiger partial charge in [-0.2, -0.15) is 0 Å². The van der Waals surface area contributed by atoms with Crippen LogP contribution in [-0.4, -0.2) is 17.9 Å². The van der Waals surface area contributed by atoms with Gasteiger partial charge in [-0.3, -0.25) is 4.98 Å². The van der Waals surface area contributed by atoms with Crippen LogP contribution in [0.25, 0.3) is 0 Å². The van der Waals surface area contributed by atoms with Gasteiger partial charge < -0.3 is 4.79 Å². The standard InChI is InChI=1S/C7H9BNOS/c1-4-5(2)11-7(9-4)8-6(3)10/h1-3H3. The zero-order valence-corrected chi connectivity index (χ0v) is 7.66. The van der Waals surface area contributed by atoms with Crippen LogP contribution >= 0.6 is 11.3 Å². The minimum atomic E-state index is 0.0544. The van der Waals surface area contributed by atoms with E-state index in [1.54, 1.807) is 18.6 Å². The van der Waals surface area contributed by atoms with E-state index in [0.717, 1.165) is 10.6 Å². The molecule has 0 aliphatic heterocycles. The van der Waals surface area contributed by atoms with E-state index in [2.05, 4.69) is 4.98 Å². The van der Waals surface area contributed by atoms with Gasteiger partial charge in [0.1, 0.15) is 0 Å². The molecule has 11 heavy (non-hydrogen) atoms. The molecule has 0 fully saturated rings. The predicted molar refractivity (Wildman–Crippen MR) is 47.7 cm³/mol. The number of rotatable bonds is 2. The second-order valence-corrected chi connectivity index (χ2v) is 3.68.